The van der Waals surface area contributed by atoms with E-state index in [9.17, 15) is 18.0 Å². The zero-order chi connectivity index (χ0) is 22.3. The van der Waals surface area contributed by atoms with Gasteiger partial charge in [0, 0.05) is 23.0 Å². The van der Waals surface area contributed by atoms with Crippen molar-refractivity contribution >= 4 is 33.2 Å². The van der Waals surface area contributed by atoms with Crippen LogP contribution in [0.15, 0.2) is 83.8 Å². The largest absolute Gasteiger partial charge is 0.484 e. The summed E-state index contributed by atoms with van der Waals surface area (Å²) in [7, 11) is -2.25. The number of ether oxygens (including phenoxy) is 1. The monoisotopic (exact) mass is 439 g/mol. The van der Waals surface area contributed by atoms with Gasteiger partial charge >= 0.3 is 0 Å². The van der Waals surface area contributed by atoms with Gasteiger partial charge in [0.1, 0.15) is 5.75 Å². The maximum Gasteiger partial charge on any atom is 0.262 e. The molecule has 0 fully saturated rings. The van der Waals surface area contributed by atoms with E-state index in [1.54, 1.807) is 36.4 Å². The molecule has 9 heteroatoms. The first-order chi connectivity index (χ1) is 14.9. The van der Waals surface area contributed by atoms with Crippen molar-refractivity contribution in [3.8, 4) is 5.75 Å². The molecule has 2 amide bonds. The fraction of sp³-hybridized carbons (Fsp3) is 0.0909. The fourth-order valence-electron chi connectivity index (χ4n) is 2.64. The van der Waals surface area contributed by atoms with Crippen LogP contribution in [0.3, 0.4) is 0 Å². The van der Waals surface area contributed by atoms with E-state index in [0.29, 0.717) is 22.7 Å². The second-order valence-electron chi connectivity index (χ2n) is 6.42. The van der Waals surface area contributed by atoms with Crippen LogP contribution in [-0.2, 0) is 14.8 Å². The number of carbonyl (C=O) groups is 2. The molecule has 3 aromatic carbocycles. The van der Waals surface area contributed by atoms with Crippen molar-refractivity contribution in [3.63, 3.8) is 0 Å². The van der Waals surface area contributed by atoms with Crippen molar-refractivity contribution in [2.75, 3.05) is 24.3 Å². The Bertz CT molecular complexity index is 1160. The standard InChI is InChI=1S/C22H21N3O5S/c1-23-31(28,29)20-12-10-16(11-13-20)22(27)25-18-8-5-9-19(14-18)30-15-21(26)24-17-6-3-2-4-7-17/h2-14,23H,15H2,1H3,(H,24,26)(H,25,27). The van der Waals surface area contributed by atoms with Gasteiger partial charge in [0.2, 0.25) is 10.0 Å². The highest BCUT2D eigenvalue weighted by Gasteiger charge is 2.13. The predicted octanol–water partition coefficient (Wildman–Crippen LogP) is 2.86. The van der Waals surface area contributed by atoms with Gasteiger partial charge in [-0.2, -0.15) is 0 Å². The van der Waals surface area contributed by atoms with Crippen molar-refractivity contribution in [3.05, 3.63) is 84.4 Å². The second kappa shape index (κ2) is 9.88. The third kappa shape index (κ3) is 6.14. The van der Waals surface area contributed by atoms with Crippen molar-refractivity contribution in [1.29, 1.82) is 0 Å². The van der Waals surface area contributed by atoms with E-state index in [-0.39, 0.29) is 17.4 Å². The number of sulfonamides is 1. The Kier molecular flexibility index (Phi) is 7.01. The van der Waals surface area contributed by atoms with Gasteiger partial charge in [-0.3, -0.25) is 9.59 Å². The Labute approximate surface area is 180 Å². The molecule has 0 aliphatic rings. The summed E-state index contributed by atoms with van der Waals surface area (Å²) >= 11 is 0. The van der Waals surface area contributed by atoms with Crippen molar-refractivity contribution < 1.29 is 22.7 Å². The predicted molar refractivity (Wildman–Crippen MR) is 118 cm³/mol. The third-order valence-electron chi connectivity index (χ3n) is 4.21. The van der Waals surface area contributed by atoms with Crippen LogP contribution in [0.25, 0.3) is 0 Å². The Morgan fingerprint density at radius 2 is 1.52 bits per heavy atom. The summed E-state index contributed by atoms with van der Waals surface area (Å²) in [6.45, 7) is -0.187. The number of anilines is 2. The van der Waals surface area contributed by atoms with E-state index in [0.717, 1.165) is 0 Å². The van der Waals surface area contributed by atoms with Crippen LogP contribution in [0.2, 0.25) is 0 Å². The average Bonchev–Trinajstić information content (AvgIpc) is 2.79. The van der Waals surface area contributed by atoms with Gasteiger partial charge in [-0.25, -0.2) is 13.1 Å². The second-order valence-corrected chi connectivity index (χ2v) is 8.30. The Morgan fingerprint density at radius 3 is 2.19 bits per heavy atom. The lowest BCUT2D eigenvalue weighted by Crippen LogP contribution is -2.20. The van der Waals surface area contributed by atoms with Gasteiger partial charge in [0.05, 0.1) is 4.90 Å². The molecule has 0 atom stereocenters. The molecule has 0 saturated carbocycles. The molecule has 3 N–H and O–H groups in total. The number of rotatable bonds is 8. The van der Waals surface area contributed by atoms with E-state index in [4.69, 9.17) is 4.74 Å². The molecule has 8 nitrogen and oxygen atoms in total. The van der Waals surface area contributed by atoms with Crippen LogP contribution >= 0.6 is 0 Å². The third-order valence-corrected chi connectivity index (χ3v) is 5.65. The molecule has 0 radical (unpaired) electrons. The van der Waals surface area contributed by atoms with E-state index in [1.807, 2.05) is 18.2 Å². The SMILES string of the molecule is CNS(=O)(=O)c1ccc(C(=O)Nc2cccc(OCC(=O)Nc3ccccc3)c2)cc1. The number of carbonyl (C=O) groups excluding carboxylic acids is 2. The summed E-state index contributed by atoms with van der Waals surface area (Å²) in [4.78, 5) is 24.5. The maximum atomic E-state index is 12.4. The maximum absolute atomic E-state index is 12.4. The minimum Gasteiger partial charge on any atom is -0.484 e. The molecular formula is C22H21N3O5S. The van der Waals surface area contributed by atoms with Crippen LogP contribution < -0.4 is 20.1 Å². The number of amides is 2. The number of benzene rings is 3. The first-order valence-electron chi connectivity index (χ1n) is 9.30. The number of para-hydroxylation sites is 1. The first kappa shape index (κ1) is 22.0. The molecule has 0 unspecified atom stereocenters. The van der Waals surface area contributed by atoms with Gasteiger partial charge in [0.25, 0.3) is 11.8 Å². The fourth-order valence-corrected chi connectivity index (χ4v) is 3.37. The molecule has 3 rings (SSSR count). The van der Waals surface area contributed by atoms with E-state index < -0.39 is 15.9 Å². The molecule has 0 heterocycles. The Hall–Kier alpha value is -3.69. The molecule has 160 valence electrons. The van der Waals surface area contributed by atoms with E-state index in [1.165, 1.54) is 31.3 Å². The quantitative estimate of drug-likeness (QED) is 0.499. The summed E-state index contributed by atoms with van der Waals surface area (Å²) in [6.07, 6.45) is 0. The molecule has 31 heavy (non-hydrogen) atoms. The van der Waals surface area contributed by atoms with Gasteiger partial charge in [-0.05, 0) is 55.6 Å². The summed E-state index contributed by atoms with van der Waals surface area (Å²) < 4.78 is 31.2. The van der Waals surface area contributed by atoms with Gasteiger partial charge in [0.15, 0.2) is 6.61 Å². The lowest BCUT2D eigenvalue weighted by Gasteiger charge is -2.10. The summed E-state index contributed by atoms with van der Waals surface area (Å²) in [5.41, 5.74) is 1.44. The number of nitrogens with one attached hydrogen (secondary N) is 3. The normalized spacial score (nSPS) is 10.9. The zero-order valence-electron chi connectivity index (χ0n) is 16.7. The van der Waals surface area contributed by atoms with Crippen LogP contribution in [0, 0.1) is 0 Å². The minimum atomic E-state index is -3.57. The molecule has 3 aromatic rings. The smallest absolute Gasteiger partial charge is 0.262 e. The average molecular weight is 439 g/mol. The highest BCUT2D eigenvalue weighted by atomic mass is 32.2. The zero-order valence-corrected chi connectivity index (χ0v) is 17.5. The molecule has 0 aliphatic carbocycles. The highest BCUT2D eigenvalue weighted by molar-refractivity contribution is 7.89. The van der Waals surface area contributed by atoms with Gasteiger partial charge in [-0.1, -0.05) is 24.3 Å². The topological polar surface area (TPSA) is 114 Å². The summed E-state index contributed by atoms with van der Waals surface area (Å²) in [5, 5.41) is 5.43. The Balaban J connectivity index is 1.58. The molecule has 0 spiro atoms. The lowest BCUT2D eigenvalue weighted by atomic mass is 10.2. The minimum absolute atomic E-state index is 0.0655. The van der Waals surface area contributed by atoms with Crippen LogP contribution in [-0.4, -0.2) is 33.9 Å². The van der Waals surface area contributed by atoms with Crippen molar-refractivity contribution in [1.82, 2.24) is 4.72 Å². The van der Waals surface area contributed by atoms with Gasteiger partial charge < -0.3 is 15.4 Å². The van der Waals surface area contributed by atoms with Gasteiger partial charge in [-0.15, -0.1) is 0 Å². The van der Waals surface area contributed by atoms with Crippen LogP contribution in [0.5, 0.6) is 5.75 Å². The number of hydrogen-bond acceptors (Lipinski definition) is 5. The molecule has 0 saturated heterocycles. The summed E-state index contributed by atoms with van der Waals surface area (Å²) in [6, 6.07) is 21.2. The lowest BCUT2D eigenvalue weighted by molar-refractivity contribution is -0.118. The molecular weight excluding hydrogens is 418 g/mol. The first-order valence-corrected chi connectivity index (χ1v) is 10.8. The van der Waals surface area contributed by atoms with E-state index >= 15 is 0 Å². The number of hydrogen-bond donors (Lipinski definition) is 3. The van der Waals surface area contributed by atoms with Crippen molar-refractivity contribution in [2.45, 2.75) is 4.90 Å². The molecule has 0 bridgehead atoms. The summed E-state index contributed by atoms with van der Waals surface area (Å²) in [5.74, 6) is -0.305. The molecule has 0 aromatic heterocycles. The van der Waals surface area contributed by atoms with Crippen LogP contribution in [0.1, 0.15) is 10.4 Å². The van der Waals surface area contributed by atoms with Crippen molar-refractivity contribution in [2.24, 2.45) is 0 Å². The van der Waals surface area contributed by atoms with E-state index in [2.05, 4.69) is 15.4 Å². The Morgan fingerprint density at radius 1 is 0.839 bits per heavy atom. The van der Waals surface area contributed by atoms with Crippen LogP contribution in [0.4, 0.5) is 11.4 Å². The molecule has 0 aliphatic heterocycles. The highest BCUT2D eigenvalue weighted by Crippen LogP contribution is 2.19.